The first-order valence-corrected chi connectivity index (χ1v) is 8.91. The number of aromatic nitrogens is 3. The fourth-order valence-corrected chi connectivity index (χ4v) is 3.83. The fraction of sp³-hybridized carbons (Fsp3) is 0.588. The van der Waals surface area contributed by atoms with Crippen LogP contribution in [0.1, 0.15) is 42.2 Å². The Morgan fingerprint density at radius 2 is 1.92 bits per heavy atom. The van der Waals surface area contributed by atoms with Gasteiger partial charge in [-0.05, 0) is 43.4 Å². The lowest BCUT2D eigenvalue weighted by molar-refractivity contribution is 0.0810. The Morgan fingerprint density at radius 1 is 1.21 bits per heavy atom. The van der Waals surface area contributed by atoms with Gasteiger partial charge in [0.2, 0.25) is 5.28 Å². The van der Waals surface area contributed by atoms with Gasteiger partial charge < -0.3 is 14.4 Å². The van der Waals surface area contributed by atoms with Crippen LogP contribution in [0.4, 0.5) is 0 Å². The molecule has 0 bridgehead atoms. The van der Waals surface area contributed by atoms with Crippen molar-refractivity contribution in [3.8, 4) is 0 Å². The molecule has 1 aliphatic carbocycles. The highest BCUT2D eigenvalue weighted by Gasteiger charge is 2.33. The number of fused-ring (bicyclic) bond motifs is 1. The fourth-order valence-electron chi connectivity index (χ4n) is 3.70. The van der Waals surface area contributed by atoms with Crippen molar-refractivity contribution in [1.82, 2.24) is 24.3 Å². The predicted molar refractivity (Wildman–Crippen MR) is 93.4 cm³/mol. The van der Waals surface area contributed by atoms with Gasteiger partial charge in [0, 0.05) is 50.9 Å². The molecule has 128 valence electrons. The summed E-state index contributed by atoms with van der Waals surface area (Å²) >= 11 is 6.01. The van der Waals surface area contributed by atoms with E-state index in [9.17, 15) is 4.79 Å². The number of carbonyl (C=O) groups is 1. The normalized spacial score (nSPS) is 19.8. The molecule has 2 fully saturated rings. The maximum Gasteiger partial charge on any atom is 0.270 e. The molecule has 1 amide bonds. The third-order valence-electron chi connectivity index (χ3n) is 5.10. The van der Waals surface area contributed by atoms with Crippen molar-refractivity contribution < 1.29 is 4.79 Å². The standard InChI is InChI=1S/C17H22ClN5O/c1-21(2)16(24)14-9-11-10-19-17(18)20-15(11)23(14)13-5-7-22(8-6-13)12-3-4-12/h9-10,12-13H,3-8H2,1-2H3. The minimum atomic E-state index is -0.00579. The lowest BCUT2D eigenvalue weighted by Gasteiger charge is -2.33. The molecule has 2 aliphatic rings. The zero-order valence-corrected chi connectivity index (χ0v) is 14.8. The van der Waals surface area contributed by atoms with Crippen LogP contribution < -0.4 is 0 Å². The third kappa shape index (κ3) is 2.78. The molecule has 1 aliphatic heterocycles. The van der Waals surface area contributed by atoms with Crippen molar-refractivity contribution in [2.75, 3.05) is 27.2 Å². The molecule has 1 saturated carbocycles. The molecule has 2 aromatic heterocycles. The summed E-state index contributed by atoms with van der Waals surface area (Å²) < 4.78 is 2.09. The number of piperidine rings is 1. The van der Waals surface area contributed by atoms with E-state index in [0.717, 1.165) is 43.0 Å². The number of carbonyl (C=O) groups excluding carboxylic acids is 1. The predicted octanol–water partition coefficient (Wildman–Crippen LogP) is 2.59. The molecule has 0 unspecified atom stereocenters. The summed E-state index contributed by atoms with van der Waals surface area (Å²) in [7, 11) is 3.55. The number of hydrogen-bond donors (Lipinski definition) is 0. The van der Waals surface area contributed by atoms with Crippen molar-refractivity contribution in [1.29, 1.82) is 0 Å². The maximum atomic E-state index is 12.7. The SMILES string of the molecule is CN(C)C(=O)c1cc2cnc(Cl)nc2n1C1CCN(C2CC2)CC1. The Balaban J connectivity index is 1.72. The van der Waals surface area contributed by atoms with E-state index >= 15 is 0 Å². The lowest BCUT2D eigenvalue weighted by atomic mass is 10.0. The molecule has 0 spiro atoms. The quantitative estimate of drug-likeness (QED) is 0.801. The second kappa shape index (κ2) is 6.01. The van der Waals surface area contributed by atoms with Crippen LogP contribution in [0.2, 0.25) is 5.28 Å². The van der Waals surface area contributed by atoms with Gasteiger partial charge in [-0.1, -0.05) is 0 Å². The first-order chi connectivity index (χ1) is 11.5. The van der Waals surface area contributed by atoms with E-state index in [0.29, 0.717) is 5.69 Å². The number of likely N-dealkylation sites (tertiary alicyclic amines) is 1. The molecule has 0 radical (unpaired) electrons. The maximum absolute atomic E-state index is 12.7. The van der Waals surface area contributed by atoms with E-state index in [1.54, 1.807) is 25.2 Å². The summed E-state index contributed by atoms with van der Waals surface area (Å²) in [5.41, 5.74) is 1.45. The highest BCUT2D eigenvalue weighted by molar-refractivity contribution is 6.28. The second-order valence-corrected chi connectivity index (χ2v) is 7.35. The van der Waals surface area contributed by atoms with Gasteiger partial charge in [0.05, 0.1) is 0 Å². The minimum Gasteiger partial charge on any atom is -0.343 e. The van der Waals surface area contributed by atoms with E-state index in [-0.39, 0.29) is 17.2 Å². The summed E-state index contributed by atoms with van der Waals surface area (Å²) in [5, 5.41) is 1.09. The molecule has 4 rings (SSSR count). The van der Waals surface area contributed by atoms with Crippen LogP contribution in [-0.2, 0) is 0 Å². The smallest absolute Gasteiger partial charge is 0.270 e. The summed E-state index contributed by atoms with van der Waals surface area (Å²) in [5.74, 6) is -0.00579. The molecule has 2 aromatic rings. The van der Waals surface area contributed by atoms with Gasteiger partial charge in [0.25, 0.3) is 5.91 Å². The topological polar surface area (TPSA) is 54.3 Å². The first-order valence-electron chi connectivity index (χ1n) is 8.54. The van der Waals surface area contributed by atoms with Gasteiger partial charge in [-0.15, -0.1) is 0 Å². The van der Waals surface area contributed by atoms with E-state index < -0.39 is 0 Å². The molecular formula is C17H22ClN5O. The van der Waals surface area contributed by atoms with Gasteiger partial charge in [-0.3, -0.25) is 4.79 Å². The van der Waals surface area contributed by atoms with Crippen molar-refractivity contribution >= 4 is 28.5 Å². The van der Waals surface area contributed by atoms with Crippen LogP contribution >= 0.6 is 11.6 Å². The van der Waals surface area contributed by atoms with Gasteiger partial charge in [-0.25, -0.2) is 4.98 Å². The number of nitrogens with zero attached hydrogens (tertiary/aromatic N) is 5. The average molecular weight is 348 g/mol. The van der Waals surface area contributed by atoms with Crippen molar-refractivity contribution in [2.24, 2.45) is 0 Å². The van der Waals surface area contributed by atoms with Crippen LogP contribution in [0.3, 0.4) is 0 Å². The summed E-state index contributed by atoms with van der Waals surface area (Å²) in [6.45, 7) is 2.17. The summed E-state index contributed by atoms with van der Waals surface area (Å²) in [6, 6.07) is 2.97. The van der Waals surface area contributed by atoms with Crippen LogP contribution in [0.15, 0.2) is 12.3 Å². The molecule has 0 N–H and O–H groups in total. The molecule has 3 heterocycles. The molecule has 7 heteroatoms. The number of rotatable bonds is 3. The lowest BCUT2D eigenvalue weighted by Crippen LogP contribution is -2.37. The Morgan fingerprint density at radius 3 is 2.54 bits per heavy atom. The Labute approximate surface area is 146 Å². The van der Waals surface area contributed by atoms with Crippen LogP contribution in [0.5, 0.6) is 0 Å². The Bertz CT molecular complexity index is 775. The van der Waals surface area contributed by atoms with E-state index in [2.05, 4.69) is 19.4 Å². The zero-order valence-electron chi connectivity index (χ0n) is 14.1. The number of amides is 1. The largest absolute Gasteiger partial charge is 0.343 e. The summed E-state index contributed by atoms with van der Waals surface area (Å²) in [4.78, 5) is 25.3. The van der Waals surface area contributed by atoms with Crippen LogP contribution in [0, 0.1) is 0 Å². The van der Waals surface area contributed by atoms with Crippen LogP contribution in [-0.4, -0.2) is 63.5 Å². The first kappa shape index (κ1) is 15.8. The Kier molecular flexibility index (Phi) is 3.96. The molecule has 0 atom stereocenters. The van der Waals surface area contributed by atoms with Crippen molar-refractivity contribution in [3.05, 3.63) is 23.2 Å². The highest BCUT2D eigenvalue weighted by Crippen LogP contribution is 2.35. The molecule has 1 saturated heterocycles. The third-order valence-corrected chi connectivity index (χ3v) is 5.28. The van der Waals surface area contributed by atoms with Gasteiger partial charge in [0.15, 0.2) is 0 Å². The summed E-state index contributed by atoms with van der Waals surface area (Å²) in [6.07, 6.45) is 6.45. The molecular weight excluding hydrogens is 326 g/mol. The van der Waals surface area contributed by atoms with Crippen molar-refractivity contribution in [2.45, 2.75) is 37.8 Å². The van der Waals surface area contributed by atoms with Gasteiger partial charge in [-0.2, -0.15) is 4.98 Å². The van der Waals surface area contributed by atoms with Crippen molar-refractivity contribution in [3.63, 3.8) is 0 Å². The average Bonchev–Trinajstić information content (AvgIpc) is 3.35. The Hall–Kier alpha value is -1.66. The minimum absolute atomic E-state index is 0.00579. The zero-order chi connectivity index (χ0) is 16.8. The van der Waals surface area contributed by atoms with Crippen LogP contribution in [0.25, 0.3) is 11.0 Å². The number of hydrogen-bond acceptors (Lipinski definition) is 4. The molecule has 6 nitrogen and oxygen atoms in total. The highest BCUT2D eigenvalue weighted by atomic mass is 35.5. The van der Waals surface area contributed by atoms with E-state index in [1.807, 2.05) is 6.07 Å². The van der Waals surface area contributed by atoms with Gasteiger partial charge in [0.1, 0.15) is 11.3 Å². The second-order valence-electron chi connectivity index (χ2n) is 7.02. The molecule has 0 aromatic carbocycles. The number of halogens is 1. The van der Waals surface area contributed by atoms with E-state index in [1.165, 1.54) is 12.8 Å². The van der Waals surface area contributed by atoms with Gasteiger partial charge >= 0.3 is 0 Å². The van der Waals surface area contributed by atoms with E-state index in [4.69, 9.17) is 11.6 Å². The monoisotopic (exact) mass is 347 g/mol. The molecule has 24 heavy (non-hydrogen) atoms.